The van der Waals surface area contributed by atoms with Crippen LogP contribution in [0.2, 0.25) is 0 Å². The second-order valence-electron chi connectivity index (χ2n) is 5.60. The Balaban J connectivity index is 1.86. The topological polar surface area (TPSA) is 78.9 Å². The number of aliphatic carboxylic acids is 1. The molecule has 6 nitrogen and oxygen atoms in total. The molecule has 2 N–H and O–H groups in total. The summed E-state index contributed by atoms with van der Waals surface area (Å²) >= 11 is 0. The quantitative estimate of drug-likeness (QED) is 0.819. The first-order valence-electron chi connectivity index (χ1n) is 7.51. The minimum absolute atomic E-state index is 0.0626. The van der Waals surface area contributed by atoms with Crippen LogP contribution in [0.3, 0.4) is 0 Å². The maximum atomic E-state index is 12.2. The van der Waals surface area contributed by atoms with Gasteiger partial charge in [0.15, 0.2) is 0 Å². The Morgan fingerprint density at radius 3 is 2.80 bits per heavy atom. The molecule has 0 aromatic carbocycles. The molecule has 0 aromatic rings. The molecule has 1 saturated carbocycles. The van der Waals surface area contributed by atoms with E-state index in [9.17, 15) is 9.59 Å². The number of nitrogens with one attached hydrogen (secondary N) is 1. The molecule has 20 heavy (non-hydrogen) atoms. The van der Waals surface area contributed by atoms with Gasteiger partial charge in [-0.1, -0.05) is 0 Å². The third kappa shape index (κ3) is 3.62. The number of carbonyl (C=O) groups excluding carboxylic acids is 1. The first-order valence-corrected chi connectivity index (χ1v) is 7.51. The van der Waals surface area contributed by atoms with Crippen molar-refractivity contribution in [3.8, 4) is 0 Å². The Hall–Kier alpha value is -1.30. The number of carboxylic acid groups (broad SMARTS) is 1. The molecule has 2 aliphatic rings. The van der Waals surface area contributed by atoms with Crippen LogP contribution in [-0.2, 0) is 9.53 Å². The second-order valence-corrected chi connectivity index (χ2v) is 5.60. The molecule has 6 heteroatoms. The number of rotatable bonds is 4. The van der Waals surface area contributed by atoms with Crippen LogP contribution in [0.25, 0.3) is 0 Å². The summed E-state index contributed by atoms with van der Waals surface area (Å²) in [5.41, 5.74) is 0. The minimum atomic E-state index is -0.810. The Labute approximate surface area is 119 Å². The number of urea groups is 1. The SMILES string of the molecule is CCO[C@@H]1CCC[C@H]1NC(=O)N1CCCC(C(=O)O)C1. The molecule has 0 bridgehead atoms. The van der Waals surface area contributed by atoms with Gasteiger partial charge in [-0.3, -0.25) is 4.79 Å². The van der Waals surface area contributed by atoms with E-state index in [4.69, 9.17) is 9.84 Å². The number of likely N-dealkylation sites (tertiary alicyclic amines) is 1. The fourth-order valence-corrected chi connectivity index (χ4v) is 3.12. The summed E-state index contributed by atoms with van der Waals surface area (Å²) in [6, 6.07) is -0.0831. The van der Waals surface area contributed by atoms with E-state index in [1.54, 1.807) is 4.90 Å². The van der Waals surface area contributed by atoms with Crippen molar-refractivity contribution in [2.24, 2.45) is 5.92 Å². The van der Waals surface area contributed by atoms with Gasteiger partial charge in [-0.2, -0.15) is 0 Å². The highest BCUT2D eigenvalue weighted by Gasteiger charge is 2.33. The van der Waals surface area contributed by atoms with Gasteiger partial charge in [0.25, 0.3) is 0 Å². The van der Waals surface area contributed by atoms with Gasteiger partial charge < -0.3 is 20.1 Å². The zero-order chi connectivity index (χ0) is 14.5. The van der Waals surface area contributed by atoms with Crippen LogP contribution in [0, 0.1) is 5.92 Å². The molecule has 0 radical (unpaired) electrons. The van der Waals surface area contributed by atoms with Crippen LogP contribution < -0.4 is 5.32 Å². The van der Waals surface area contributed by atoms with Crippen molar-refractivity contribution in [3.63, 3.8) is 0 Å². The zero-order valence-electron chi connectivity index (χ0n) is 12.0. The minimum Gasteiger partial charge on any atom is -0.481 e. The van der Waals surface area contributed by atoms with Crippen molar-refractivity contribution in [3.05, 3.63) is 0 Å². The fourth-order valence-electron chi connectivity index (χ4n) is 3.12. The first-order chi connectivity index (χ1) is 9.61. The number of amides is 2. The van der Waals surface area contributed by atoms with Gasteiger partial charge in [0, 0.05) is 19.7 Å². The van der Waals surface area contributed by atoms with Crippen molar-refractivity contribution >= 4 is 12.0 Å². The first kappa shape index (κ1) is 15.1. The van der Waals surface area contributed by atoms with E-state index in [-0.39, 0.29) is 18.2 Å². The standard InChI is InChI=1S/C14H24N2O4/c1-2-20-12-7-3-6-11(12)15-14(19)16-8-4-5-10(9-16)13(17)18/h10-12H,2-9H2,1H3,(H,15,19)(H,17,18)/t10?,11-,12-/m1/s1. The molecule has 3 atom stereocenters. The summed E-state index contributed by atoms with van der Waals surface area (Å²) in [4.78, 5) is 24.9. The summed E-state index contributed by atoms with van der Waals surface area (Å²) in [6.07, 6.45) is 4.49. The molecule has 2 amide bonds. The van der Waals surface area contributed by atoms with Crippen LogP contribution in [0.15, 0.2) is 0 Å². The number of hydrogen-bond acceptors (Lipinski definition) is 3. The third-order valence-electron chi connectivity index (χ3n) is 4.20. The molecule has 0 spiro atoms. The Bertz CT molecular complexity index is 361. The highest BCUT2D eigenvalue weighted by molar-refractivity contribution is 5.76. The van der Waals surface area contributed by atoms with Crippen LogP contribution in [0.4, 0.5) is 4.79 Å². The largest absolute Gasteiger partial charge is 0.481 e. The molecular formula is C14H24N2O4. The van der Waals surface area contributed by atoms with Crippen molar-refractivity contribution < 1.29 is 19.4 Å². The summed E-state index contributed by atoms with van der Waals surface area (Å²) in [5, 5.41) is 12.1. The molecule has 1 unspecified atom stereocenters. The predicted molar refractivity (Wildman–Crippen MR) is 73.5 cm³/mol. The summed E-state index contributed by atoms with van der Waals surface area (Å²) in [7, 11) is 0. The van der Waals surface area contributed by atoms with Gasteiger partial charge in [0.1, 0.15) is 0 Å². The maximum absolute atomic E-state index is 12.2. The van der Waals surface area contributed by atoms with Gasteiger partial charge >= 0.3 is 12.0 Å². The average molecular weight is 284 g/mol. The Morgan fingerprint density at radius 1 is 1.30 bits per heavy atom. The number of carboxylic acids is 1. The monoisotopic (exact) mass is 284 g/mol. The normalized spacial score (nSPS) is 30.2. The highest BCUT2D eigenvalue weighted by atomic mass is 16.5. The van der Waals surface area contributed by atoms with Gasteiger partial charge in [0.2, 0.25) is 0 Å². The van der Waals surface area contributed by atoms with Crippen molar-refractivity contribution in [1.29, 1.82) is 0 Å². The maximum Gasteiger partial charge on any atom is 0.317 e. The molecule has 2 rings (SSSR count). The molecule has 2 fully saturated rings. The van der Waals surface area contributed by atoms with Crippen molar-refractivity contribution in [2.75, 3.05) is 19.7 Å². The van der Waals surface area contributed by atoms with E-state index in [0.717, 1.165) is 25.7 Å². The third-order valence-corrected chi connectivity index (χ3v) is 4.20. The summed E-state index contributed by atoms with van der Waals surface area (Å²) < 4.78 is 5.64. The van der Waals surface area contributed by atoms with Gasteiger partial charge in [-0.15, -0.1) is 0 Å². The fraction of sp³-hybridized carbons (Fsp3) is 0.857. The van der Waals surface area contributed by atoms with Crippen LogP contribution >= 0.6 is 0 Å². The lowest BCUT2D eigenvalue weighted by molar-refractivity contribution is -0.143. The summed E-state index contributed by atoms with van der Waals surface area (Å²) in [5.74, 6) is -1.24. The predicted octanol–water partition coefficient (Wildman–Crippen LogP) is 1.45. The molecule has 1 aliphatic heterocycles. The van der Waals surface area contributed by atoms with Crippen LogP contribution in [-0.4, -0.2) is 53.8 Å². The average Bonchev–Trinajstić information content (AvgIpc) is 2.86. The zero-order valence-corrected chi connectivity index (χ0v) is 12.0. The Kier molecular flexibility index (Phi) is 5.23. The van der Waals surface area contributed by atoms with Crippen LogP contribution in [0.1, 0.15) is 39.0 Å². The van der Waals surface area contributed by atoms with Crippen LogP contribution in [0.5, 0.6) is 0 Å². The molecule has 1 heterocycles. The van der Waals surface area contributed by atoms with E-state index < -0.39 is 11.9 Å². The number of carbonyl (C=O) groups is 2. The molecule has 1 saturated heterocycles. The number of nitrogens with zero attached hydrogens (tertiary/aromatic N) is 1. The number of hydrogen-bond donors (Lipinski definition) is 2. The smallest absolute Gasteiger partial charge is 0.317 e. The number of ether oxygens (including phenoxy) is 1. The van der Waals surface area contributed by atoms with E-state index in [0.29, 0.717) is 26.1 Å². The van der Waals surface area contributed by atoms with E-state index in [1.807, 2.05) is 6.92 Å². The lowest BCUT2D eigenvalue weighted by atomic mass is 9.99. The molecular weight excluding hydrogens is 260 g/mol. The van der Waals surface area contributed by atoms with E-state index >= 15 is 0 Å². The van der Waals surface area contributed by atoms with E-state index in [2.05, 4.69) is 5.32 Å². The molecule has 1 aliphatic carbocycles. The molecule has 114 valence electrons. The number of piperidine rings is 1. The lowest BCUT2D eigenvalue weighted by Crippen LogP contribution is -2.51. The summed E-state index contributed by atoms with van der Waals surface area (Å²) in [6.45, 7) is 3.57. The molecule has 0 aromatic heterocycles. The van der Waals surface area contributed by atoms with E-state index in [1.165, 1.54) is 0 Å². The van der Waals surface area contributed by atoms with Gasteiger partial charge in [-0.25, -0.2) is 4.79 Å². The van der Waals surface area contributed by atoms with Gasteiger partial charge in [0.05, 0.1) is 18.1 Å². The Morgan fingerprint density at radius 2 is 2.10 bits per heavy atom. The van der Waals surface area contributed by atoms with Crippen molar-refractivity contribution in [2.45, 2.75) is 51.2 Å². The second kappa shape index (κ2) is 6.92. The van der Waals surface area contributed by atoms with Gasteiger partial charge in [-0.05, 0) is 39.0 Å². The van der Waals surface area contributed by atoms with Crippen molar-refractivity contribution in [1.82, 2.24) is 10.2 Å². The lowest BCUT2D eigenvalue weighted by Gasteiger charge is -2.32. The highest BCUT2D eigenvalue weighted by Crippen LogP contribution is 2.23.